The number of urea groups is 1. The van der Waals surface area contributed by atoms with Gasteiger partial charge in [0, 0.05) is 0 Å². The average Bonchev–Trinajstić information content (AvgIpc) is 3.17. The number of carbonyl (C=O) groups is 2. The van der Waals surface area contributed by atoms with Gasteiger partial charge in [-0.15, -0.1) is 0 Å². The second-order valence-electron chi connectivity index (χ2n) is 4.85. The lowest BCUT2D eigenvalue weighted by atomic mass is 10.1. The van der Waals surface area contributed by atoms with Crippen molar-refractivity contribution < 1.29 is 14.7 Å². The van der Waals surface area contributed by atoms with E-state index in [-0.39, 0.29) is 5.54 Å². The molecule has 5 nitrogen and oxygen atoms in total. The molecule has 19 heavy (non-hydrogen) atoms. The average molecular weight is 262 g/mol. The fraction of sp³-hybridized carbons (Fsp3) is 0.429. The Morgan fingerprint density at radius 2 is 1.95 bits per heavy atom. The van der Waals surface area contributed by atoms with Gasteiger partial charge in [0.15, 0.2) is 0 Å². The van der Waals surface area contributed by atoms with Crippen LogP contribution in [0, 0.1) is 0 Å². The summed E-state index contributed by atoms with van der Waals surface area (Å²) >= 11 is 0. The van der Waals surface area contributed by atoms with Crippen molar-refractivity contribution in [2.45, 2.75) is 37.8 Å². The van der Waals surface area contributed by atoms with Crippen molar-refractivity contribution in [2.75, 3.05) is 0 Å². The summed E-state index contributed by atoms with van der Waals surface area (Å²) in [5.74, 6) is -1.01. The van der Waals surface area contributed by atoms with Crippen molar-refractivity contribution in [1.82, 2.24) is 10.6 Å². The highest BCUT2D eigenvalue weighted by Crippen LogP contribution is 2.45. The lowest BCUT2D eigenvalue weighted by Gasteiger charge is -2.20. The van der Waals surface area contributed by atoms with E-state index < -0.39 is 18.0 Å². The largest absolute Gasteiger partial charge is 0.480 e. The highest BCUT2D eigenvalue weighted by Gasteiger charge is 2.45. The molecule has 0 saturated heterocycles. The molecule has 0 aromatic heterocycles. The molecule has 0 bridgehead atoms. The molecule has 0 spiro atoms. The topological polar surface area (TPSA) is 78.4 Å². The Bertz CT molecular complexity index is 469. The molecule has 1 atom stereocenters. The number of aliphatic carboxylic acids is 1. The van der Waals surface area contributed by atoms with Crippen LogP contribution in [0.4, 0.5) is 4.79 Å². The van der Waals surface area contributed by atoms with Gasteiger partial charge in [-0.1, -0.05) is 37.3 Å². The first-order valence-electron chi connectivity index (χ1n) is 6.44. The molecule has 0 heterocycles. The zero-order valence-electron chi connectivity index (χ0n) is 10.8. The smallest absolute Gasteiger partial charge is 0.326 e. The summed E-state index contributed by atoms with van der Waals surface area (Å²) in [5, 5.41) is 14.3. The monoisotopic (exact) mass is 262 g/mol. The molecule has 0 radical (unpaired) electrons. The highest BCUT2D eigenvalue weighted by molar-refractivity contribution is 5.83. The Kier molecular flexibility index (Phi) is 3.74. The van der Waals surface area contributed by atoms with E-state index in [9.17, 15) is 9.59 Å². The van der Waals surface area contributed by atoms with E-state index in [4.69, 9.17) is 5.11 Å². The van der Waals surface area contributed by atoms with Crippen molar-refractivity contribution in [3.05, 3.63) is 35.9 Å². The predicted molar refractivity (Wildman–Crippen MR) is 70.7 cm³/mol. The third-order valence-corrected chi connectivity index (χ3v) is 3.44. The molecule has 2 rings (SSSR count). The Labute approximate surface area is 112 Å². The number of carboxylic acids is 1. The van der Waals surface area contributed by atoms with Gasteiger partial charge >= 0.3 is 12.0 Å². The number of carboxylic acid groups (broad SMARTS) is 1. The quantitative estimate of drug-likeness (QED) is 0.757. The number of carbonyl (C=O) groups excluding carboxylic acids is 1. The predicted octanol–water partition coefficient (Wildman–Crippen LogP) is 1.84. The van der Waals surface area contributed by atoms with Crippen LogP contribution in [0.25, 0.3) is 0 Å². The molecule has 1 saturated carbocycles. The zero-order valence-corrected chi connectivity index (χ0v) is 10.8. The summed E-state index contributed by atoms with van der Waals surface area (Å²) in [4.78, 5) is 22.7. The second kappa shape index (κ2) is 5.30. The van der Waals surface area contributed by atoms with E-state index in [1.807, 2.05) is 30.3 Å². The number of nitrogens with one attached hydrogen (secondary N) is 2. The van der Waals surface area contributed by atoms with Crippen LogP contribution >= 0.6 is 0 Å². The van der Waals surface area contributed by atoms with E-state index in [2.05, 4.69) is 10.6 Å². The Balaban J connectivity index is 1.98. The third kappa shape index (κ3) is 3.05. The van der Waals surface area contributed by atoms with Gasteiger partial charge in [0.05, 0.1) is 5.54 Å². The van der Waals surface area contributed by atoms with Crippen LogP contribution in [0.2, 0.25) is 0 Å². The molecule has 1 aliphatic carbocycles. The van der Waals surface area contributed by atoms with Crippen molar-refractivity contribution >= 4 is 12.0 Å². The van der Waals surface area contributed by atoms with Crippen molar-refractivity contribution in [3.8, 4) is 0 Å². The van der Waals surface area contributed by atoms with Crippen LogP contribution in [0.3, 0.4) is 0 Å². The van der Waals surface area contributed by atoms with Gasteiger partial charge in [0.25, 0.3) is 0 Å². The fourth-order valence-electron chi connectivity index (χ4n) is 2.12. The van der Waals surface area contributed by atoms with E-state index in [1.165, 1.54) is 0 Å². The molecule has 1 aromatic rings. The normalized spacial score (nSPS) is 17.3. The molecule has 0 aliphatic heterocycles. The number of benzene rings is 1. The Morgan fingerprint density at radius 1 is 1.32 bits per heavy atom. The number of hydrogen-bond donors (Lipinski definition) is 3. The van der Waals surface area contributed by atoms with Gasteiger partial charge < -0.3 is 15.7 Å². The first-order valence-corrected chi connectivity index (χ1v) is 6.44. The Morgan fingerprint density at radius 3 is 2.42 bits per heavy atom. The van der Waals surface area contributed by atoms with Crippen LogP contribution in [0.1, 0.15) is 31.7 Å². The summed E-state index contributed by atoms with van der Waals surface area (Å²) in [6.07, 6.45) is 2.13. The van der Waals surface area contributed by atoms with Gasteiger partial charge in [-0.05, 0) is 24.8 Å². The van der Waals surface area contributed by atoms with Crippen molar-refractivity contribution in [2.24, 2.45) is 0 Å². The fourth-order valence-corrected chi connectivity index (χ4v) is 2.12. The molecule has 1 fully saturated rings. The third-order valence-electron chi connectivity index (χ3n) is 3.44. The van der Waals surface area contributed by atoms with Crippen LogP contribution < -0.4 is 10.6 Å². The van der Waals surface area contributed by atoms with E-state index >= 15 is 0 Å². The van der Waals surface area contributed by atoms with E-state index in [0.717, 1.165) is 18.4 Å². The summed E-state index contributed by atoms with van der Waals surface area (Å²) in [6.45, 7) is 1.73. The standard InChI is InChI=1S/C14H18N2O3/c1-2-11(12(17)18)15-13(19)16-14(8-9-14)10-6-4-3-5-7-10/h3-7,11H,2,8-9H2,1H3,(H,17,18)(H2,15,16,19). The number of rotatable bonds is 5. The van der Waals surface area contributed by atoms with Gasteiger partial charge in [0.1, 0.15) is 6.04 Å². The van der Waals surface area contributed by atoms with E-state index in [1.54, 1.807) is 6.92 Å². The lowest BCUT2D eigenvalue weighted by Crippen LogP contribution is -2.48. The van der Waals surface area contributed by atoms with Gasteiger partial charge in [0.2, 0.25) is 0 Å². The summed E-state index contributed by atoms with van der Waals surface area (Å²) < 4.78 is 0. The highest BCUT2D eigenvalue weighted by atomic mass is 16.4. The van der Waals surface area contributed by atoms with Crippen molar-refractivity contribution in [1.29, 1.82) is 0 Å². The first kappa shape index (κ1) is 13.4. The van der Waals surface area contributed by atoms with Gasteiger partial charge in [-0.2, -0.15) is 0 Å². The maximum Gasteiger partial charge on any atom is 0.326 e. The molecule has 5 heteroatoms. The number of hydrogen-bond acceptors (Lipinski definition) is 2. The molecule has 2 amide bonds. The molecule has 1 unspecified atom stereocenters. The minimum atomic E-state index is -1.01. The van der Waals surface area contributed by atoms with Gasteiger partial charge in [-0.3, -0.25) is 0 Å². The van der Waals surface area contributed by atoms with Gasteiger partial charge in [-0.25, -0.2) is 9.59 Å². The van der Waals surface area contributed by atoms with E-state index in [0.29, 0.717) is 6.42 Å². The number of amides is 2. The van der Waals surface area contributed by atoms with Crippen LogP contribution in [-0.2, 0) is 10.3 Å². The molecule has 1 aromatic carbocycles. The Hall–Kier alpha value is -2.04. The first-order chi connectivity index (χ1) is 9.07. The molecule has 1 aliphatic rings. The molecular weight excluding hydrogens is 244 g/mol. The lowest BCUT2D eigenvalue weighted by molar-refractivity contribution is -0.139. The maximum atomic E-state index is 11.9. The van der Waals surface area contributed by atoms with Crippen LogP contribution in [-0.4, -0.2) is 23.1 Å². The van der Waals surface area contributed by atoms with Crippen LogP contribution in [0.5, 0.6) is 0 Å². The molecule has 102 valence electrons. The zero-order chi connectivity index (χ0) is 13.9. The SMILES string of the molecule is CCC(NC(=O)NC1(c2ccccc2)CC1)C(=O)O. The second-order valence-corrected chi connectivity index (χ2v) is 4.85. The minimum Gasteiger partial charge on any atom is -0.480 e. The molecular formula is C14H18N2O3. The maximum absolute atomic E-state index is 11.9. The van der Waals surface area contributed by atoms with Crippen molar-refractivity contribution in [3.63, 3.8) is 0 Å². The molecule has 3 N–H and O–H groups in total. The summed E-state index contributed by atoms with van der Waals surface area (Å²) in [5.41, 5.74) is 0.746. The minimum absolute atomic E-state index is 0.317. The summed E-state index contributed by atoms with van der Waals surface area (Å²) in [7, 11) is 0. The van der Waals surface area contributed by atoms with Crippen LogP contribution in [0.15, 0.2) is 30.3 Å². The summed E-state index contributed by atoms with van der Waals surface area (Å²) in [6, 6.07) is 8.48.